The van der Waals surface area contributed by atoms with Crippen LogP contribution in [0.1, 0.15) is 62.9 Å². The number of pyridine rings is 1. The second-order valence-corrected chi connectivity index (χ2v) is 13.8. The highest BCUT2D eigenvalue weighted by molar-refractivity contribution is 5.77. The number of aryl methyl sites for hydroxylation is 1. The normalized spacial score (nSPS) is 19.7. The Kier molecular flexibility index (Phi) is 7.67. The summed E-state index contributed by atoms with van der Waals surface area (Å²) in [5.74, 6) is 0.873. The molecule has 0 unspecified atom stereocenters. The van der Waals surface area contributed by atoms with Crippen molar-refractivity contribution in [1.29, 1.82) is 0 Å². The third-order valence-electron chi connectivity index (χ3n) is 9.53. The van der Waals surface area contributed by atoms with Crippen molar-refractivity contribution >= 4 is 28.8 Å². The molecule has 0 spiro atoms. The van der Waals surface area contributed by atoms with Crippen LogP contribution in [0.3, 0.4) is 0 Å². The van der Waals surface area contributed by atoms with Crippen molar-refractivity contribution in [1.82, 2.24) is 34.1 Å². The number of hydrogen-bond acceptors (Lipinski definition) is 9. The van der Waals surface area contributed by atoms with Crippen LogP contribution < -0.4 is 10.9 Å². The van der Waals surface area contributed by atoms with Crippen LogP contribution in [0.2, 0.25) is 0 Å². The molecule has 1 amide bonds. The maximum atomic E-state index is 13.5. The SMILES string of the molecule is C=CCn1c(=O)c2cnc(Nc3ccc4c(c3)CCN(C3CN(C(=O)OC(C)(C)C)C3)C4)nc2n1-c1ccc2c(n1)[C@@](O)(CC)CC2. The standard InChI is InChI=1S/C35H42N8O4/c1-6-15-42-31(44)27-18-36-32(39-30(27)43(42)28-11-9-22-12-14-35(46,7-2)29(22)38-28)37-25-10-8-24-19-40(16-13-23(24)17-25)26-20-41(21-26)33(45)47-34(3,4)5/h6,8-11,17-18,26,46H,1,7,12-16,19-21H2,2-5H3,(H,36,37,39)/t35-/m1/s1. The van der Waals surface area contributed by atoms with Gasteiger partial charge in [0.05, 0.1) is 12.2 Å². The average Bonchev–Trinajstić information content (AvgIpc) is 3.49. The number of aromatic nitrogens is 5. The number of anilines is 2. The topological polar surface area (TPSA) is 131 Å². The van der Waals surface area contributed by atoms with Crippen molar-refractivity contribution in [2.75, 3.05) is 25.0 Å². The summed E-state index contributed by atoms with van der Waals surface area (Å²) in [6, 6.07) is 10.5. The quantitative estimate of drug-likeness (QED) is 0.283. The van der Waals surface area contributed by atoms with Gasteiger partial charge >= 0.3 is 6.09 Å². The minimum absolute atomic E-state index is 0.237. The van der Waals surface area contributed by atoms with E-state index < -0.39 is 11.2 Å². The molecule has 1 saturated heterocycles. The summed E-state index contributed by atoms with van der Waals surface area (Å²) in [6.07, 6.45) is 5.81. The number of benzene rings is 1. The minimum atomic E-state index is -0.985. The molecular formula is C35H42N8O4. The van der Waals surface area contributed by atoms with Gasteiger partial charge in [0.25, 0.3) is 5.56 Å². The molecule has 47 heavy (non-hydrogen) atoms. The van der Waals surface area contributed by atoms with E-state index in [0.29, 0.717) is 60.5 Å². The Bertz CT molecular complexity index is 1940. The highest BCUT2D eigenvalue weighted by Crippen LogP contribution is 2.38. The van der Waals surface area contributed by atoms with Crippen LogP contribution in [-0.4, -0.2) is 76.6 Å². The van der Waals surface area contributed by atoms with E-state index in [-0.39, 0.29) is 18.2 Å². The highest BCUT2D eigenvalue weighted by Gasteiger charge is 2.39. The molecule has 2 N–H and O–H groups in total. The maximum Gasteiger partial charge on any atom is 0.410 e. The zero-order chi connectivity index (χ0) is 33.1. The summed E-state index contributed by atoms with van der Waals surface area (Å²) in [6.45, 7) is 14.8. The summed E-state index contributed by atoms with van der Waals surface area (Å²) in [5.41, 5.74) is 3.78. The number of carbonyl (C=O) groups excluding carboxylic acids is 1. The molecular weight excluding hydrogens is 596 g/mol. The first-order valence-electron chi connectivity index (χ1n) is 16.4. The molecule has 12 heteroatoms. The Hall–Kier alpha value is -4.55. The van der Waals surface area contributed by atoms with Gasteiger partial charge in [0.1, 0.15) is 16.6 Å². The molecule has 0 radical (unpaired) electrons. The fourth-order valence-electron chi connectivity index (χ4n) is 6.87. The van der Waals surface area contributed by atoms with Crippen molar-refractivity contribution in [3.63, 3.8) is 0 Å². The lowest BCUT2D eigenvalue weighted by Crippen LogP contribution is -2.62. The summed E-state index contributed by atoms with van der Waals surface area (Å²) in [5, 5.41) is 14.9. The van der Waals surface area contributed by atoms with Crippen molar-refractivity contribution in [2.24, 2.45) is 0 Å². The number of aliphatic hydroxyl groups is 1. The Balaban J connectivity index is 1.11. The van der Waals surface area contributed by atoms with Gasteiger partial charge in [0, 0.05) is 44.1 Å². The lowest BCUT2D eigenvalue weighted by Gasteiger charge is -2.46. The first kappa shape index (κ1) is 31.1. The third-order valence-corrected chi connectivity index (χ3v) is 9.53. The fourth-order valence-corrected chi connectivity index (χ4v) is 6.87. The Morgan fingerprint density at radius 2 is 1.94 bits per heavy atom. The molecule has 1 atom stereocenters. The van der Waals surface area contributed by atoms with Gasteiger partial charge in [-0.25, -0.2) is 24.1 Å². The monoisotopic (exact) mass is 638 g/mol. The lowest BCUT2D eigenvalue weighted by molar-refractivity contribution is -0.0180. The number of nitrogens with one attached hydrogen (secondary N) is 1. The fraction of sp³-hybridized carbons (Fsp3) is 0.457. The number of hydrogen-bond donors (Lipinski definition) is 2. The van der Waals surface area contributed by atoms with E-state index in [9.17, 15) is 14.7 Å². The Labute approximate surface area is 273 Å². The van der Waals surface area contributed by atoms with Crippen molar-refractivity contribution < 1.29 is 14.6 Å². The van der Waals surface area contributed by atoms with E-state index in [0.717, 1.165) is 37.2 Å². The van der Waals surface area contributed by atoms with Gasteiger partial charge in [-0.15, -0.1) is 6.58 Å². The molecule has 12 nitrogen and oxygen atoms in total. The molecule has 2 aliphatic heterocycles. The van der Waals surface area contributed by atoms with E-state index in [4.69, 9.17) is 14.7 Å². The van der Waals surface area contributed by atoms with E-state index in [1.165, 1.54) is 11.1 Å². The molecule has 246 valence electrons. The van der Waals surface area contributed by atoms with Gasteiger partial charge in [0.15, 0.2) is 11.5 Å². The molecule has 1 aliphatic carbocycles. The van der Waals surface area contributed by atoms with Crippen LogP contribution in [0.25, 0.3) is 16.9 Å². The van der Waals surface area contributed by atoms with Crippen LogP contribution in [0.15, 0.2) is 54.0 Å². The number of amides is 1. The first-order valence-corrected chi connectivity index (χ1v) is 16.4. The van der Waals surface area contributed by atoms with Crippen LogP contribution in [-0.2, 0) is 36.3 Å². The average molecular weight is 639 g/mol. The second kappa shape index (κ2) is 11.6. The van der Waals surface area contributed by atoms with E-state index in [1.54, 1.807) is 26.5 Å². The summed E-state index contributed by atoms with van der Waals surface area (Å²) in [4.78, 5) is 44.2. The number of carbonyl (C=O) groups is 1. The van der Waals surface area contributed by atoms with Gasteiger partial charge in [-0.3, -0.25) is 9.69 Å². The van der Waals surface area contributed by atoms with E-state index in [1.807, 2.05) is 45.9 Å². The lowest BCUT2D eigenvalue weighted by atomic mass is 9.96. The van der Waals surface area contributed by atoms with Crippen molar-refractivity contribution in [3.05, 3.63) is 81.9 Å². The van der Waals surface area contributed by atoms with Gasteiger partial charge in [0.2, 0.25) is 5.95 Å². The maximum absolute atomic E-state index is 13.5. The van der Waals surface area contributed by atoms with E-state index in [2.05, 4.69) is 33.9 Å². The zero-order valence-electron chi connectivity index (χ0n) is 27.5. The summed E-state index contributed by atoms with van der Waals surface area (Å²) >= 11 is 0. The summed E-state index contributed by atoms with van der Waals surface area (Å²) < 4.78 is 8.76. The minimum Gasteiger partial charge on any atom is -0.444 e. The second-order valence-electron chi connectivity index (χ2n) is 13.8. The van der Waals surface area contributed by atoms with Gasteiger partial charge in [-0.05, 0) is 81.3 Å². The Morgan fingerprint density at radius 3 is 2.68 bits per heavy atom. The molecule has 3 aromatic heterocycles. The predicted molar refractivity (Wildman–Crippen MR) is 179 cm³/mol. The van der Waals surface area contributed by atoms with Crippen molar-refractivity contribution in [2.45, 2.75) is 83.7 Å². The number of fused-ring (bicyclic) bond motifs is 3. The number of rotatable bonds is 7. The van der Waals surface area contributed by atoms with Crippen LogP contribution in [0.4, 0.5) is 16.4 Å². The van der Waals surface area contributed by atoms with Gasteiger partial charge < -0.3 is 20.1 Å². The van der Waals surface area contributed by atoms with Crippen LogP contribution in [0.5, 0.6) is 0 Å². The molecule has 7 rings (SSSR count). The summed E-state index contributed by atoms with van der Waals surface area (Å²) in [7, 11) is 0. The predicted octanol–water partition coefficient (Wildman–Crippen LogP) is 4.43. The first-order chi connectivity index (χ1) is 22.5. The van der Waals surface area contributed by atoms with Gasteiger partial charge in [-0.1, -0.05) is 25.1 Å². The number of nitrogens with zero attached hydrogens (tertiary/aromatic N) is 7. The molecule has 1 aromatic carbocycles. The third kappa shape index (κ3) is 5.69. The number of allylic oxidation sites excluding steroid dienone is 1. The molecule has 0 saturated carbocycles. The number of ether oxygens (including phenoxy) is 1. The molecule has 5 heterocycles. The van der Waals surface area contributed by atoms with Crippen molar-refractivity contribution in [3.8, 4) is 5.82 Å². The van der Waals surface area contributed by atoms with Crippen LogP contribution >= 0.6 is 0 Å². The highest BCUT2D eigenvalue weighted by atomic mass is 16.6. The van der Waals surface area contributed by atoms with Crippen LogP contribution in [0, 0.1) is 0 Å². The molecule has 1 fully saturated rings. The largest absolute Gasteiger partial charge is 0.444 e. The zero-order valence-corrected chi connectivity index (χ0v) is 27.5. The number of likely N-dealkylation sites (tertiary alicyclic amines) is 1. The van der Waals surface area contributed by atoms with E-state index >= 15 is 0 Å². The molecule has 0 bridgehead atoms. The van der Waals surface area contributed by atoms with Gasteiger partial charge in [-0.2, -0.15) is 4.98 Å². The molecule has 4 aromatic rings. The molecule has 3 aliphatic rings. The smallest absolute Gasteiger partial charge is 0.410 e. The Morgan fingerprint density at radius 1 is 1.15 bits per heavy atom.